The van der Waals surface area contributed by atoms with Gasteiger partial charge in [-0.1, -0.05) is 52.4 Å². The van der Waals surface area contributed by atoms with Gasteiger partial charge in [-0.2, -0.15) is 11.8 Å². The highest BCUT2D eigenvalue weighted by atomic mass is 32.2. The zero-order chi connectivity index (χ0) is 19.7. The second-order valence-corrected chi connectivity index (χ2v) is 8.51. The van der Waals surface area contributed by atoms with Crippen molar-refractivity contribution in [2.24, 2.45) is 11.3 Å². The second-order valence-electron chi connectivity index (χ2n) is 7.29. The van der Waals surface area contributed by atoms with Crippen molar-refractivity contribution in [1.82, 2.24) is 0 Å². The Balaban J connectivity index is 3.81. The minimum atomic E-state index is -1.14. The molecule has 0 atom stereocenters. The Labute approximate surface area is 163 Å². The monoisotopic (exact) mass is 392 g/mol. The number of carbonyl (C=O) groups is 1. The summed E-state index contributed by atoms with van der Waals surface area (Å²) in [6.07, 6.45) is 10.7. The summed E-state index contributed by atoms with van der Waals surface area (Å²) < 4.78 is 5.08. The van der Waals surface area contributed by atoms with E-state index in [0.29, 0.717) is 6.42 Å². The highest BCUT2D eigenvalue weighted by Gasteiger charge is 2.30. The molecule has 0 radical (unpaired) electrons. The molecule has 5 nitrogen and oxygen atoms in total. The van der Waals surface area contributed by atoms with Crippen molar-refractivity contribution in [3.05, 3.63) is 0 Å². The third kappa shape index (κ3) is 12.2. The quantitative estimate of drug-likeness (QED) is 0.245. The Kier molecular flexibility index (Phi) is 16.6. The lowest BCUT2D eigenvalue weighted by molar-refractivity contribution is -0.150. The molecular weight excluding hydrogens is 352 g/mol. The molecule has 0 aliphatic rings. The van der Waals surface area contributed by atoms with Gasteiger partial charge >= 0.3 is 5.97 Å². The van der Waals surface area contributed by atoms with Crippen LogP contribution in [0.15, 0.2) is 0 Å². The van der Waals surface area contributed by atoms with E-state index < -0.39 is 25.2 Å². The SMILES string of the molecule is CCCCC(CCCC)CCCSCCC(=O)OCC(CO)(CO)CO. The van der Waals surface area contributed by atoms with Crippen LogP contribution >= 0.6 is 11.8 Å². The number of thioether (sulfide) groups is 1. The maximum atomic E-state index is 11.7. The van der Waals surface area contributed by atoms with Gasteiger partial charge in [0.25, 0.3) is 0 Å². The first kappa shape index (κ1) is 25.7. The zero-order valence-electron chi connectivity index (χ0n) is 16.8. The van der Waals surface area contributed by atoms with E-state index >= 15 is 0 Å². The molecule has 0 amide bonds. The van der Waals surface area contributed by atoms with Crippen molar-refractivity contribution >= 4 is 17.7 Å². The summed E-state index contributed by atoms with van der Waals surface area (Å²) in [5, 5.41) is 27.6. The molecule has 156 valence electrons. The van der Waals surface area contributed by atoms with Gasteiger partial charge < -0.3 is 20.1 Å². The number of hydrogen-bond acceptors (Lipinski definition) is 6. The third-order valence-corrected chi connectivity index (χ3v) is 5.90. The maximum Gasteiger partial charge on any atom is 0.306 e. The fourth-order valence-corrected chi connectivity index (χ4v) is 3.63. The predicted octanol–water partition coefficient (Wildman–Crippen LogP) is 3.39. The van der Waals surface area contributed by atoms with Gasteiger partial charge in [0, 0.05) is 5.75 Å². The summed E-state index contributed by atoms with van der Waals surface area (Å²) in [4.78, 5) is 11.7. The van der Waals surface area contributed by atoms with E-state index in [-0.39, 0.29) is 12.6 Å². The van der Waals surface area contributed by atoms with Crippen LogP contribution < -0.4 is 0 Å². The van der Waals surface area contributed by atoms with Gasteiger partial charge in [0.1, 0.15) is 6.61 Å². The maximum absolute atomic E-state index is 11.7. The van der Waals surface area contributed by atoms with E-state index in [2.05, 4.69) is 13.8 Å². The molecule has 0 aromatic carbocycles. The Morgan fingerprint density at radius 3 is 1.96 bits per heavy atom. The molecule has 0 spiro atoms. The van der Waals surface area contributed by atoms with Gasteiger partial charge in [0.05, 0.1) is 31.7 Å². The highest BCUT2D eigenvalue weighted by Crippen LogP contribution is 2.22. The van der Waals surface area contributed by atoms with E-state index in [1.165, 1.54) is 51.4 Å². The molecule has 0 fully saturated rings. The molecule has 0 unspecified atom stereocenters. The minimum absolute atomic E-state index is 0.156. The van der Waals surface area contributed by atoms with E-state index in [4.69, 9.17) is 4.74 Å². The summed E-state index contributed by atoms with van der Waals surface area (Å²) in [6, 6.07) is 0. The first-order valence-electron chi connectivity index (χ1n) is 10.1. The predicted molar refractivity (Wildman–Crippen MR) is 108 cm³/mol. The van der Waals surface area contributed by atoms with Crippen LogP contribution in [0.3, 0.4) is 0 Å². The number of ether oxygens (including phenoxy) is 1. The topological polar surface area (TPSA) is 87.0 Å². The van der Waals surface area contributed by atoms with Crippen LogP contribution in [-0.2, 0) is 9.53 Å². The lowest BCUT2D eigenvalue weighted by atomic mass is 9.92. The lowest BCUT2D eigenvalue weighted by Crippen LogP contribution is -2.39. The highest BCUT2D eigenvalue weighted by molar-refractivity contribution is 7.99. The molecule has 0 aromatic heterocycles. The average molecular weight is 393 g/mol. The third-order valence-electron chi connectivity index (χ3n) is 4.83. The Bertz CT molecular complexity index is 318. The summed E-state index contributed by atoms with van der Waals surface area (Å²) in [5.74, 6) is 2.29. The molecule has 0 heterocycles. The molecule has 0 aromatic rings. The van der Waals surface area contributed by atoms with Crippen LogP contribution in [0.2, 0.25) is 0 Å². The van der Waals surface area contributed by atoms with Crippen LogP contribution in [-0.4, -0.2) is 59.2 Å². The average Bonchev–Trinajstić information content (AvgIpc) is 2.67. The molecule has 6 heteroatoms. The van der Waals surface area contributed by atoms with Crippen LogP contribution in [0.4, 0.5) is 0 Å². The van der Waals surface area contributed by atoms with Gasteiger partial charge in [-0.3, -0.25) is 4.79 Å². The number of esters is 1. The zero-order valence-corrected chi connectivity index (χ0v) is 17.6. The number of aliphatic hydroxyl groups excluding tert-OH is 3. The largest absolute Gasteiger partial charge is 0.465 e. The first-order chi connectivity index (χ1) is 12.6. The fourth-order valence-electron chi connectivity index (χ4n) is 2.74. The van der Waals surface area contributed by atoms with E-state index in [1.54, 1.807) is 11.8 Å². The van der Waals surface area contributed by atoms with Crippen molar-refractivity contribution < 1.29 is 24.9 Å². The molecule has 0 rings (SSSR count). The standard InChI is InChI=1S/C20H40O5S/c1-3-5-8-18(9-6-4-2)10-7-12-26-13-11-19(24)25-17-20(14-21,15-22)16-23/h18,21-23H,3-17H2,1-2H3. The van der Waals surface area contributed by atoms with Crippen LogP contribution in [0.25, 0.3) is 0 Å². The van der Waals surface area contributed by atoms with Gasteiger partial charge in [-0.25, -0.2) is 0 Å². The number of unbranched alkanes of at least 4 members (excludes halogenated alkanes) is 2. The molecule has 0 saturated heterocycles. The molecule has 0 aliphatic carbocycles. The van der Waals surface area contributed by atoms with Gasteiger partial charge in [-0.15, -0.1) is 0 Å². The van der Waals surface area contributed by atoms with Gasteiger partial charge in [0.2, 0.25) is 0 Å². The Morgan fingerprint density at radius 1 is 0.923 bits per heavy atom. The van der Waals surface area contributed by atoms with Crippen LogP contribution in [0.5, 0.6) is 0 Å². The lowest BCUT2D eigenvalue weighted by Gasteiger charge is -2.26. The van der Waals surface area contributed by atoms with E-state index in [1.807, 2.05) is 0 Å². The van der Waals surface area contributed by atoms with Crippen molar-refractivity contribution in [1.29, 1.82) is 0 Å². The van der Waals surface area contributed by atoms with Crippen molar-refractivity contribution in [2.45, 2.75) is 71.6 Å². The number of rotatable bonds is 18. The molecule has 0 bridgehead atoms. The number of aliphatic hydroxyl groups is 3. The minimum Gasteiger partial charge on any atom is -0.465 e. The molecule has 0 saturated carbocycles. The summed E-state index contributed by atoms with van der Waals surface area (Å²) in [7, 11) is 0. The van der Waals surface area contributed by atoms with Crippen molar-refractivity contribution in [3.8, 4) is 0 Å². The number of carbonyl (C=O) groups excluding carboxylic acids is 1. The van der Waals surface area contributed by atoms with Crippen LogP contribution in [0.1, 0.15) is 71.6 Å². The molecule has 26 heavy (non-hydrogen) atoms. The second kappa shape index (κ2) is 16.8. The van der Waals surface area contributed by atoms with Crippen LogP contribution in [0, 0.1) is 11.3 Å². The smallest absolute Gasteiger partial charge is 0.306 e. The summed E-state index contributed by atoms with van der Waals surface area (Å²) in [6.45, 7) is 3.09. The number of hydrogen-bond donors (Lipinski definition) is 3. The molecule has 0 aliphatic heterocycles. The van der Waals surface area contributed by atoms with E-state index in [9.17, 15) is 20.1 Å². The van der Waals surface area contributed by atoms with Crippen molar-refractivity contribution in [3.63, 3.8) is 0 Å². The van der Waals surface area contributed by atoms with E-state index in [0.717, 1.165) is 17.4 Å². The first-order valence-corrected chi connectivity index (χ1v) is 11.3. The van der Waals surface area contributed by atoms with Gasteiger partial charge in [-0.05, 0) is 24.5 Å². The Morgan fingerprint density at radius 2 is 1.46 bits per heavy atom. The van der Waals surface area contributed by atoms with Gasteiger partial charge in [0.15, 0.2) is 0 Å². The Hall–Kier alpha value is -0.300. The molecule has 3 N–H and O–H groups in total. The molecular formula is C20H40O5S. The summed E-state index contributed by atoms with van der Waals surface area (Å²) >= 11 is 1.77. The fraction of sp³-hybridized carbons (Fsp3) is 0.950. The normalized spacial score (nSPS) is 11.9. The van der Waals surface area contributed by atoms with Crippen molar-refractivity contribution in [2.75, 3.05) is 37.9 Å². The summed E-state index contributed by atoms with van der Waals surface area (Å²) in [5.41, 5.74) is -1.14.